The van der Waals surface area contributed by atoms with E-state index in [4.69, 9.17) is 14.8 Å². The molecule has 0 bridgehead atoms. The van der Waals surface area contributed by atoms with Crippen LogP contribution in [0.25, 0.3) is 0 Å². The lowest BCUT2D eigenvalue weighted by Crippen LogP contribution is -2.46. The van der Waals surface area contributed by atoms with Crippen LogP contribution < -0.4 is 10.3 Å². The van der Waals surface area contributed by atoms with Gasteiger partial charge in [-0.15, -0.1) is 0 Å². The Labute approximate surface area is 173 Å². The van der Waals surface area contributed by atoms with Gasteiger partial charge in [0.2, 0.25) is 0 Å². The highest BCUT2D eigenvalue weighted by Gasteiger charge is 2.30. The van der Waals surface area contributed by atoms with Gasteiger partial charge in [0, 0.05) is 43.2 Å². The summed E-state index contributed by atoms with van der Waals surface area (Å²) in [7, 11) is 0. The number of allylic oxidation sites excluding steroid dienone is 2. The monoisotopic (exact) mass is 409 g/mol. The Hall–Kier alpha value is -3.01. The summed E-state index contributed by atoms with van der Waals surface area (Å²) in [6, 6.07) is 6.03. The van der Waals surface area contributed by atoms with Gasteiger partial charge in [0.1, 0.15) is 6.61 Å². The van der Waals surface area contributed by atoms with Crippen molar-refractivity contribution < 1.29 is 19.7 Å². The number of benzene rings is 1. The first-order valence-electron chi connectivity index (χ1n) is 10.1. The molecule has 4 aliphatic heterocycles. The van der Waals surface area contributed by atoms with Crippen LogP contribution in [0.1, 0.15) is 24.0 Å². The zero-order valence-electron chi connectivity index (χ0n) is 16.4. The van der Waals surface area contributed by atoms with Gasteiger partial charge in [-0.1, -0.05) is 12.1 Å². The molecular weight excluding hydrogens is 386 g/mol. The molecule has 4 aliphatic rings. The Kier molecular flexibility index (Phi) is 5.07. The topological polar surface area (TPSA) is 99.0 Å². The number of likely N-dealkylation sites (tertiary alicyclic amines) is 1. The summed E-state index contributed by atoms with van der Waals surface area (Å²) in [6.45, 7) is 2.43. The molecule has 2 N–H and O–H groups in total. The van der Waals surface area contributed by atoms with Gasteiger partial charge in [-0.25, -0.2) is 10.4 Å². The Balaban J connectivity index is 1.26. The maximum Gasteiger partial charge on any atom is 0.306 e. The van der Waals surface area contributed by atoms with Crippen molar-refractivity contribution in [3.05, 3.63) is 53.3 Å². The first kappa shape index (κ1) is 19.0. The number of aliphatic carboxylic acids is 1. The third-order valence-corrected chi connectivity index (χ3v) is 5.74. The fraction of sp³-hybridized carbons (Fsp3) is 0.381. The fourth-order valence-electron chi connectivity index (χ4n) is 3.96. The Morgan fingerprint density at radius 3 is 3.00 bits per heavy atom. The SMILES string of the molecule is O=C(O)C1CCN(C2N=CC3=CC=CN(NCc4ccc5c(c4)OOC5)C3=N2)CC1. The number of carbonyl (C=O) groups is 1. The minimum absolute atomic E-state index is 0.269. The predicted molar refractivity (Wildman–Crippen MR) is 109 cm³/mol. The van der Waals surface area contributed by atoms with Crippen LogP contribution in [0.3, 0.4) is 0 Å². The van der Waals surface area contributed by atoms with Gasteiger partial charge >= 0.3 is 5.97 Å². The molecule has 0 radical (unpaired) electrons. The van der Waals surface area contributed by atoms with E-state index in [1.54, 1.807) is 0 Å². The highest BCUT2D eigenvalue weighted by atomic mass is 17.2. The first-order valence-corrected chi connectivity index (χ1v) is 10.1. The van der Waals surface area contributed by atoms with Crippen LogP contribution in [0.4, 0.5) is 0 Å². The molecule has 1 saturated heterocycles. The second kappa shape index (κ2) is 8.02. The van der Waals surface area contributed by atoms with E-state index in [0.29, 0.717) is 39.1 Å². The number of hydrogen-bond donors (Lipinski definition) is 2. The van der Waals surface area contributed by atoms with Crippen molar-refractivity contribution in [1.29, 1.82) is 0 Å². The minimum Gasteiger partial charge on any atom is -0.481 e. The van der Waals surface area contributed by atoms with Gasteiger partial charge in [-0.2, -0.15) is 4.89 Å². The highest BCUT2D eigenvalue weighted by molar-refractivity contribution is 6.17. The highest BCUT2D eigenvalue weighted by Crippen LogP contribution is 2.27. The molecule has 0 amide bonds. The summed E-state index contributed by atoms with van der Waals surface area (Å²) in [5.41, 5.74) is 6.45. The number of rotatable bonds is 5. The number of hydrogen-bond acceptors (Lipinski definition) is 8. The van der Waals surface area contributed by atoms with Crippen molar-refractivity contribution in [2.75, 3.05) is 13.1 Å². The van der Waals surface area contributed by atoms with Gasteiger partial charge in [0.15, 0.2) is 17.9 Å². The number of piperidine rings is 1. The van der Waals surface area contributed by atoms with Gasteiger partial charge in [-0.3, -0.25) is 19.7 Å². The molecule has 1 fully saturated rings. The molecule has 0 saturated carbocycles. The second-order valence-electron chi connectivity index (χ2n) is 7.68. The average molecular weight is 409 g/mol. The van der Waals surface area contributed by atoms with Crippen LogP contribution in [-0.2, 0) is 22.8 Å². The Morgan fingerprint density at radius 2 is 2.17 bits per heavy atom. The van der Waals surface area contributed by atoms with E-state index in [1.807, 2.05) is 47.8 Å². The molecule has 30 heavy (non-hydrogen) atoms. The molecule has 9 heteroatoms. The molecule has 0 spiro atoms. The number of nitrogens with one attached hydrogen (secondary N) is 1. The quantitative estimate of drug-likeness (QED) is 0.716. The molecule has 5 rings (SSSR count). The zero-order chi connectivity index (χ0) is 20.5. The summed E-state index contributed by atoms with van der Waals surface area (Å²) in [6.07, 6.45) is 8.63. The van der Waals surface area contributed by atoms with E-state index < -0.39 is 5.97 Å². The number of aliphatic imine (C=N–C) groups is 2. The van der Waals surface area contributed by atoms with Crippen molar-refractivity contribution in [3.63, 3.8) is 0 Å². The maximum absolute atomic E-state index is 11.2. The number of carboxylic acid groups (broad SMARTS) is 1. The lowest BCUT2D eigenvalue weighted by molar-refractivity contribution is -0.194. The summed E-state index contributed by atoms with van der Waals surface area (Å²) in [5.74, 6) is 0.582. The molecule has 0 aromatic heterocycles. The smallest absolute Gasteiger partial charge is 0.306 e. The molecule has 1 aromatic rings. The zero-order valence-corrected chi connectivity index (χ0v) is 16.4. The third-order valence-electron chi connectivity index (χ3n) is 5.74. The lowest BCUT2D eigenvalue weighted by Gasteiger charge is -2.35. The minimum atomic E-state index is -0.713. The van der Waals surface area contributed by atoms with Crippen LogP contribution >= 0.6 is 0 Å². The standard InChI is InChI=1S/C21H23N5O4/c27-20(28)15-5-8-25(9-6-15)21-22-12-16-2-1-7-26(19(16)24-21)23-11-14-3-4-17-13-29-30-18(17)10-14/h1-4,7,10,12,15,21,23H,5-6,8-9,11,13H2,(H,27,28). The van der Waals surface area contributed by atoms with Crippen LogP contribution in [0.5, 0.6) is 5.75 Å². The summed E-state index contributed by atoms with van der Waals surface area (Å²) < 4.78 is 0. The van der Waals surface area contributed by atoms with E-state index in [1.165, 1.54) is 0 Å². The molecule has 0 aliphatic carbocycles. The number of fused-ring (bicyclic) bond motifs is 2. The van der Waals surface area contributed by atoms with Crippen molar-refractivity contribution >= 4 is 18.0 Å². The van der Waals surface area contributed by atoms with E-state index in [0.717, 1.165) is 28.3 Å². The number of amidine groups is 1. The van der Waals surface area contributed by atoms with Gasteiger partial charge in [0.25, 0.3) is 0 Å². The van der Waals surface area contributed by atoms with Gasteiger partial charge in [-0.05, 0) is 36.6 Å². The molecule has 156 valence electrons. The number of hydrazine groups is 1. The second-order valence-corrected chi connectivity index (χ2v) is 7.68. The summed E-state index contributed by atoms with van der Waals surface area (Å²) in [4.78, 5) is 32.9. The van der Waals surface area contributed by atoms with Crippen molar-refractivity contribution in [1.82, 2.24) is 15.3 Å². The van der Waals surface area contributed by atoms with Crippen LogP contribution in [0.2, 0.25) is 0 Å². The maximum atomic E-state index is 11.2. The van der Waals surface area contributed by atoms with E-state index in [-0.39, 0.29) is 12.2 Å². The Bertz CT molecular complexity index is 962. The van der Waals surface area contributed by atoms with Gasteiger partial charge in [0.05, 0.1) is 5.92 Å². The average Bonchev–Trinajstić information content (AvgIpc) is 3.25. The molecule has 1 atom stereocenters. The molecular formula is C21H23N5O4. The summed E-state index contributed by atoms with van der Waals surface area (Å²) >= 11 is 0. The molecule has 4 heterocycles. The molecule has 1 aromatic carbocycles. The van der Waals surface area contributed by atoms with E-state index >= 15 is 0 Å². The normalized spacial score (nSPS) is 23.5. The lowest BCUT2D eigenvalue weighted by atomic mass is 9.97. The summed E-state index contributed by atoms with van der Waals surface area (Å²) in [5, 5.41) is 11.1. The predicted octanol–water partition coefficient (Wildman–Crippen LogP) is 1.83. The van der Waals surface area contributed by atoms with E-state index in [9.17, 15) is 9.90 Å². The van der Waals surface area contributed by atoms with Crippen molar-refractivity contribution in [2.45, 2.75) is 32.3 Å². The van der Waals surface area contributed by atoms with Crippen molar-refractivity contribution in [2.24, 2.45) is 15.9 Å². The van der Waals surface area contributed by atoms with Crippen molar-refractivity contribution in [3.8, 4) is 5.75 Å². The molecule has 9 nitrogen and oxygen atoms in total. The van der Waals surface area contributed by atoms with Gasteiger partial charge < -0.3 is 9.99 Å². The third kappa shape index (κ3) is 3.74. The van der Waals surface area contributed by atoms with Crippen LogP contribution in [0.15, 0.2) is 52.1 Å². The number of carboxylic acids is 1. The first-order chi connectivity index (χ1) is 14.7. The molecule has 1 unspecified atom stereocenters. The Morgan fingerprint density at radius 1 is 1.30 bits per heavy atom. The largest absolute Gasteiger partial charge is 0.481 e. The van der Waals surface area contributed by atoms with Crippen LogP contribution in [0, 0.1) is 5.92 Å². The van der Waals surface area contributed by atoms with Crippen LogP contribution in [-0.4, -0.2) is 52.4 Å². The fourth-order valence-corrected chi connectivity index (χ4v) is 3.96. The number of nitrogens with zero attached hydrogens (tertiary/aromatic N) is 4. The van der Waals surface area contributed by atoms with E-state index in [2.05, 4.69) is 15.3 Å².